The number of rotatable bonds is 2. The van der Waals surface area contributed by atoms with Gasteiger partial charge < -0.3 is 9.84 Å². The van der Waals surface area contributed by atoms with Gasteiger partial charge in [0.05, 0.1) is 0 Å². The molecule has 0 amide bonds. The Hall–Kier alpha value is -0.930. The highest BCUT2D eigenvalue weighted by Gasteiger charge is 2.35. The summed E-state index contributed by atoms with van der Waals surface area (Å²) < 4.78 is 61.0. The molecule has 5 nitrogen and oxygen atoms in total. The summed E-state index contributed by atoms with van der Waals surface area (Å²) in [5, 5.41) is 7.05. The average Bonchev–Trinajstić information content (AvgIpc) is 2.06. The van der Waals surface area contributed by atoms with Gasteiger partial charge in [-0.3, -0.25) is 0 Å². The van der Waals surface area contributed by atoms with E-state index in [1.165, 1.54) is 0 Å². The molecule has 0 aliphatic carbocycles. The van der Waals surface area contributed by atoms with E-state index in [1.54, 1.807) is 0 Å². The number of hydrogen-bond acceptors (Lipinski definition) is 5. The van der Waals surface area contributed by atoms with Gasteiger partial charge in [-0.1, -0.05) is 11.6 Å². The molecule has 1 rings (SSSR count). The second-order valence-corrected chi connectivity index (χ2v) is 5.43. The molecule has 17 heavy (non-hydrogen) atoms. The Morgan fingerprint density at radius 2 is 1.94 bits per heavy atom. The van der Waals surface area contributed by atoms with Crippen LogP contribution in [-0.2, 0) is 9.05 Å². The van der Waals surface area contributed by atoms with Gasteiger partial charge in [0, 0.05) is 16.7 Å². The van der Waals surface area contributed by atoms with E-state index in [2.05, 4.69) is 9.72 Å². The SMILES string of the molecule is O=S(=O)(Cl)c1nc(Cl)c(O)cc1OC(F)(F)F. The van der Waals surface area contributed by atoms with Crippen LogP contribution in [-0.4, -0.2) is 24.9 Å². The van der Waals surface area contributed by atoms with E-state index in [-0.39, 0.29) is 0 Å². The van der Waals surface area contributed by atoms with Crippen LogP contribution in [0.5, 0.6) is 11.5 Å². The smallest absolute Gasteiger partial charge is 0.505 e. The maximum atomic E-state index is 11.9. The van der Waals surface area contributed by atoms with Crippen LogP contribution in [0.3, 0.4) is 0 Å². The Labute approximate surface area is 102 Å². The van der Waals surface area contributed by atoms with Gasteiger partial charge in [-0.05, 0) is 0 Å². The summed E-state index contributed by atoms with van der Waals surface area (Å²) in [7, 11) is 0.234. The van der Waals surface area contributed by atoms with Crippen LogP contribution in [0.4, 0.5) is 13.2 Å². The molecule has 0 radical (unpaired) electrons. The van der Waals surface area contributed by atoms with Crippen molar-refractivity contribution in [1.29, 1.82) is 0 Å². The van der Waals surface area contributed by atoms with Crippen molar-refractivity contribution in [2.24, 2.45) is 0 Å². The summed E-state index contributed by atoms with van der Waals surface area (Å²) in [6, 6.07) is 0.345. The molecule has 0 bridgehead atoms. The topological polar surface area (TPSA) is 76.5 Å². The molecule has 0 aliphatic rings. The molecule has 1 N–H and O–H groups in total. The van der Waals surface area contributed by atoms with Gasteiger partial charge in [0.2, 0.25) is 5.03 Å². The van der Waals surface area contributed by atoms with Crippen LogP contribution in [0.1, 0.15) is 0 Å². The maximum absolute atomic E-state index is 11.9. The Morgan fingerprint density at radius 1 is 1.41 bits per heavy atom. The summed E-state index contributed by atoms with van der Waals surface area (Å²) >= 11 is 5.24. The van der Waals surface area contributed by atoms with Crippen molar-refractivity contribution in [1.82, 2.24) is 4.98 Å². The third-order valence-corrected chi connectivity index (χ3v) is 2.82. The van der Waals surface area contributed by atoms with Crippen molar-refractivity contribution < 1.29 is 31.4 Å². The van der Waals surface area contributed by atoms with Gasteiger partial charge in [-0.25, -0.2) is 13.4 Å². The first kappa shape index (κ1) is 14.1. The second kappa shape index (κ2) is 4.39. The van der Waals surface area contributed by atoms with Crippen LogP contribution in [0, 0.1) is 0 Å². The fraction of sp³-hybridized carbons (Fsp3) is 0.167. The van der Waals surface area contributed by atoms with E-state index < -0.39 is 37.1 Å². The first-order chi connectivity index (χ1) is 7.50. The lowest BCUT2D eigenvalue weighted by Crippen LogP contribution is -2.19. The summed E-state index contributed by atoms with van der Waals surface area (Å²) in [6.07, 6.45) is -5.17. The standard InChI is InChI=1S/C6H2Cl2F3NO4S/c7-4-2(13)1-3(16-6(9,10)11)5(12-4)17(8,14)15/h1,13H. The third kappa shape index (κ3) is 3.79. The molecule has 0 unspecified atom stereocenters. The minimum absolute atomic E-state index is 0.345. The van der Waals surface area contributed by atoms with E-state index in [0.717, 1.165) is 0 Å². The number of aromatic hydroxyl groups is 1. The Kier molecular flexibility index (Phi) is 3.65. The number of ether oxygens (including phenoxy) is 1. The largest absolute Gasteiger partial charge is 0.573 e. The lowest BCUT2D eigenvalue weighted by atomic mass is 10.4. The van der Waals surface area contributed by atoms with Gasteiger partial charge in [0.15, 0.2) is 16.7 Å². The zero-order valence-corrected chi connectivity index (χ0v) is 9.82. The molecule has 96 valence electrons. The number of pyridine rings is 1. The maximum Gasteiger partial charge on any atom is 0.573 e. The highest BCUT2D eigenvalue weighted by Crippen LogP contribution is 2.35. The summed E-state index contributed by atoms with van der Waals surface area (Å²) in [5.74, 6) is -2.15. The number of aromatic nitrogens is 1. The molecule has 0 aromatic carbocycles. The van der Waals surface area contributed by atoms with Crippen molar-refractivity contribution in [3.05, 3.63) is 11.2 Å². The van der Waals surface area contributed by atoms with Gasteiger partial charge in [0.1, 0.15) is 0 Å². The average molecular weight is 312 g/mol. The van der Waals surface area contributed by atoms with Crippen LogP contribution in [0.2, 0.25) is 5.15 Å². The van der Waals surface area contributed by atoms with Gasteiger partial charge in [-0.15, -0.1) is 13.2 Å². The Balaban J connectivity index is 3.42. The first-order valence-electron chi connectivity index (χ1n) is 3.60. The van der Waals surface area contributed by atoms with Crippen LogP contribution in [0.15, 0.2) is 11.1 Å². The van der Waals surface area contributed by atoms with Gasteiger partial charge in [0.25, 0.3) is 9.05 Å². The van der Waals surface area contributed by atoms with Crippen LogP contribution >= 0.6 is 22.3 Å². The van der Waals surface area contributed by atoms with E-state index in [4.69, 9.17) is 27.4 Å². The normalized spacial score (nSPS) is 12.5. The molecular formula is C6H2Cl2F3NO4S. The van der Waals surface area contributed by atoms with Gasteiger partial charge in [-0.2, -0.15) is 0 Å². The number of halogens is 5. The molecule has 0 spiro atoms. The van der Waals surface area contributed by atoms with E-state index >= 15 is 0 Å². The molecule has 0 fully saturated rings. The monoisotopic (exact) mass is 311 g/mol. The van der Waals surface area contributed by atoms with E-state index in [9.17, 15) is 21.6 Å². The van der Waals surface area contributed by atoms with Crippen molar-refractivity contribution in [3.8, 4) is 11.5 Å². The number of nitrogens with zero attached hydrogens (tertiary/aromatic N) is 1. The fourth-order valence-electron chi connectivity index (χ4n) is 0.819. The van der Waals surface area contributed by atoms with E-state index in [0.29, 0.717) is 6.07 Å². The lowest BCUT2D eigenvalue weighted by molar-refractivity contribution is -0.275. The zero-order valence-electron chi connectivity index (χ0n) is 7.49. The minimum atomic E-state index is -5.17. The summed E-state index contributed by atoms with van der Waals surface area (Å²) in [4.78, 5) is 3.00. The Morgan fingerprint density at radius 3 is 2.35 bits per heavy atom. The second-order valence-electron chi connectivity index (χ2n) is 2.59. The van der Waals surface area contributed by atoms with E-state index in [1.807, 2.05) is 0 Å². The zero-order chi connectivity index (χ0) is 13.4. The molecule has 0 saturated heterocycles. The molecule has 1 aromatic heterocycles. The number of hydrogen-bond donors (Lipinski definition) is 1. The predicted molar refractivity (Wildman–Crippen MR) is 50.6 cm³/mol. The highest BCUT2D eigenvalue weighted by molar-refractivity contribution is 8.13. The molecule has 0 aliphatic heterocycles. The fourth-order valence-corrected chi connectivity index (χ4v) is 1.88. The highest BCUT2D eigenvalue weighted by atomic mass is 35.7. The van der Waals surface area contributed by atoms with Crippen molar-refractivity contribution in [2.45, 2.75) is 11.4 Å². The van der Waals surface area contributed by atoms with Crippen LogP contribution < -0.4 is 4.74 Å². The Bertz CT molecular complexity index is 545. The first-order valence-corrected chi connectivity index (χ1v) is 6.29. The summed E-state index contributed by atoms with van der Waals surface area (Å²) in [6.45, 7) is 0. The lowest BCUT2D eigenvalue weighted by Gasteiger charge is -2.11. The van der Waals surface area contributed by atoms with Crippen molar-refractivity contribution >= 4 is 31.3 Å². The van der Waals surface area contributed by atoms with Gasteiger partial charge >= 0.3 is 6.36 Å². The molecule has 11 heteroatoms. The predicted octanol–water partition coefficient (Wildman–Crippen LogP) is 2.27. The minimum Gasteiger partial charge on any atom is -0.505 e. The molecule has 0 atom stereocenters. The molecule has 1 aromatic rings. The summed E-state index contributed by atoms with van der Waals surface area (Å²) in [5.41, 5.74) is 0. The van der Waals surface area contributed by atoms with Crippen molar-refractivity contribution in [3.63, 3.8) is 0 Å². The number of alkyl halides is 3. The quantitative estimate of drug-likeness (QED) is 0.669. The molecule has 0 saturated carbocycles. The molecule has 1 heterocycles. The van der Waals surface area contributed by atoms with Crippen LogP contribution in [0.25, 0.3) is 0 Å². The van der Waals surface area contributed by atoms with Crippen molar-refractivity contribution in [2.75, 3.05) is 0 Å². The molecular weight excluding hydrogens is 310 g/mol. The third-order valence-electron chi connectivity index (χ3n) is 1.35.